The van der Waals surface area contributed by atoms with E-state index in [9.17, 15) is 0 Å². The predicted molar refractivity (Wildman–Crippen MR) is 132 cm³/mol. The van der Waals surface area contributed by atoms with Crippen LogP contribution in [0.2, 0.25) is 0 Å². The van der Waals surface area contributed by atoms with E-state index in [1.54, 1.807) is 0 Å². The number of aliphatic imine (C=N–C) groups is 1. The van der Waals surface area contributed by atoms with Gasteiger partial charge in [0.25, 0.3) is 0 Å². The van der Waals surface area contributed by atoms with Gasteiger partial charge in [0.15, 0.2) is 11.7 Å². The summed E-state index contributed by atoms with van der Waals surface area (Å²) in [6, 6.07) is 40.3. The molecule has 5 aromatic rings. The predicted octanol–water partition coefficient (Wildman–Crippen LogP) is 6.28. The molecule has 5 heteroatoms. The van der Waals surface area contributed by atoms with E-state index in [0.29, 0.717) is 10.6 Å². The first-order valence-electron chi connectivity index (χ1n) is 10.3. The van der Waals surface area contributed by atoms with Crippen molar-refractivity contribution >= 4 is 23.1 Å². The van der Waals surface area contributed by atoms with Gasteiger partial charge in [0.05, 0.1) is 11.4 Å². The van der Waals surface area contributed by atoms with Gasteiger partial charge in [-0.15, -0.1) is 0 Å². The Kier molecular flexibility index (Phi) is 5.81. The van der Waals surface area contributed by atoms with E-state index < -0.39 is 0 Å². The second kappa shape index (κ2) is 9.37. The first-order chi connectivity index (χ1) is 15.9. The molecule has 1 heterocycles. The van der Waals surface area contributed by atoms with Gasteiger partial charge in [-0.1, -0.05) is 97.1 Å². The van der Waals surface area contributed by atoms with Crippen LogP contribution in [-0.4, -0.2) is 14.8 Å². The Hall–Kier alpha value is -4.09. The molecule has 0 unspecified atom stereocenters. The van der Waals surface area contributed by atoms with Crippen molar-refractivity contribution in [2.75, 3.05) is 0 Å². The van der Waals surface area contributed by atoms with Crippen LogP contribution in [0.3, 0.4) is 0 Å². The largest absolute Gasteiger partial charge is 0.246 e. The standard InChI is InChI=1S/C27H20N4S/c1-5-13-21(14-6-1)25(28-23-17-9-3-10-18-23)29-27-30-26(22-15-7-2-8-16-22)31(32-27)24-19-11-4-12-20-24/h1-20H. The molecule has 0 saturated carbocycles. The molecular weight excluding hydrogens is 412 g/mol. The molecule has 0 amide bonds. The van der Waals surface area contributed by atoms with Crippen molar-refractivity contribution in [3.8, 4) is 17.1 Å². The van der Waals surface area contributed by atoms with Crippen LogP contribution in [-0.2, 0) is 0 Å². The summed E-state index contributed by atoms with van der Waals surface area (Å²) >= 11 is 1.50. The van der Waals surface area contributed by atoms with Crippen molar-refractivity contribution in [3.63, 3.8) is 0 Å². The fourth-order valence-electron chi connectivity index (χ4n) is 3.29. The fourth-order valence-corrected chi connectivity index (χ4v) is 4.17. The highest BCUT2D eigenvalue weighted by Crippen LogP contribution is 2.22. The van der Waals surface area contributed by atoms with Gasteiger partial charge >= 0.3 is 0 Å². The van der Waals surface area contributed by atoms with Crippen LogP contribution in [0.15, 0.2) is 131 Å². The molecule has 1 aromatic heterocycles. The molecule has 0 aliphatic heterocycles. The molecule has 4 nitrogen and oxygen atoms in total. The van der Waals surface area contributed by atoms with Crippen molar-refractivity contribution in [2.24, 2.45) is 9.98 Å². The van der Waals surface area contributed by atoms with E-state index >= 15 is 0 Å². The van der Waals surface area contributed by atoms with E-state index in [2.05, 4.69) is 28.2 Å². The van der Waals surface area contributed by atoms with Gasteiger partial charge in [-0.05, 0) is 35.8 Å². The molecule has 0 spiro atoms. The first-order valence-corrected chi connectivity index (χ1v) is 11.1. The number of para-hydroxylation sites is 2. The van der Waals surface area contributed by atoms with Crippen LogP contribution in [0, 0.1) is 0 Å². The van der Waals surface area contributed by atoms with E-state index in [4.69, 9.17) is 15.0 Å². The zero-order valence-electron chi connectivity index (χ0n) is 17.2. The second-order valence-electron chi connectivity index (χ2n) is 7.05. The Labute approximate surface area is 190 Å². The summed E-state index contributed by atoms with van der Waals surface area (Å²) in [7, 11) is 0. The van der Waals surface area contributed by atoms with Crippen molar-refractivity contribution in [1.29, 1.82) is 0 Å². The summed E-state index contributed by atoms with van der Waals surface area (Å²) in [5.74, 6) is 1.48. The zero-order chi connectivity index (χ0) is 21.6. The summed E-state index contributed by atoms with van der Waals surface area (Å²) < 4.78 is 2.11. The number of aromatic nitrogens is 2. The minimum absolute atomic E-state index is 0.630. The van der Waals surface area contributed by atoms with Gasteiger partial charge in [-0.2, -0.15) is 9.98 Å². The topological polar surface area (TPSA) is 42.5 Å². The molecule has 0 radical (unpaired) electrons. The van der Waals surface area contributed by atoms with E-state index in [1.807, 2.05) is 97.1 Å². The third-order valence-corrected chi connectivity index (χ3v) is 5.73. The lowest BCUT2D eigenvalue weighted by Crippen LogP contribution is -2.06. The van der Waals surface area contributed by atoms with Gasteiger partial charge in [-0.25, -0.2) is 8.95 Å². The molecule has 0 N–H and O–H groups in total. The molecule has 4 aromatic carbocycles. The van der Waals surface area contributed by atoms with Gasteiger partial charge in [0, 0.05) is 11.1 Å². The van der Waals surface area contributed by atoms with E-state index in [1.165, 1.54) is 11.5 Å². The maximum absolute atomic E-state index is 4.90. The lowest BCUT2D eigenvalue weighted by atomic mass is 10.2. The molecule has 0 aliphatic rings. The normalized spacial score (nSPS) is 12.1. The van der Waals surface area contributed by atoms with Crippen LogP contribution < -0.4 is 4.80 Å². The van der Waals surface area contributed by atoms with E-state index in [-0.39, 0.29) is 0 Å². The third-order valence-electron chi connectivity index (χ3n) is 4.81. The third kappa shape index (κ3) is 4.48. The van der Waals surface area contributed by atoms with Crippen LogP contribution >= 0.6 is 11.5 Å². The fraction of sp³-hybridized carbons (Fsp3) is 0. The van der Waals surface area contributed by atoms with E-state index in [0.717, 1.165) is 28.3 Å². The lowest BCUT2D eigenvalue weighted by Gasteiger charge is -2.05. The first kappa shape index (κ1) is 19.8. The van der Waals surface area contributed by atoms with Gasteiger partial charge < -0.3 is 0 Å². The Morgan fingerprint density at radius 3 is 1.88 bits per heavy atom. The number of nitrogens with zero attached hydrogens (tertiary/aromatic N) is 4. The van der Waals surface area contributed by atoms with Crippen molar-refractivity contribution in [3.05, 3.63) is 132 Å². The zero-order valence-corrected chi connectivity index (χ0v) is 18.1. The number of hydrogen-bond acceptors (Lipinski definition) is 3. The number of hydrogen-bond donors (Lipinski definition) is 0. The Bertz CT molecular complexity index is 1330. The van der Waals surface area contributed by atoms with Crippen molar-refractivity contribution in [1.82, 2.24) is 8.94 Å². The monoisotopic (exact) mass is 432 g/mol. The quantitative estimate of drug-likeness (QED) is 0.243. The molecule has 0 fully saturated rings. The number of benzene rings is 4. The molecule has 0 atom stereocenters. The molecular formula is C27H20N4S. The van der Waals surface area contributed by atoms with Gasteiger partial charge in [-0.3, -0.25) is 0 Å². The van der Waals surface area contributed by atoms with Crippen molar-refractivity contribution in [2.45, 2.75) is 0 Å². The number of rotatable bonds is 4. The Morgan fingerprint density at radius 2 is 1.22 bits per heavy atom. The van der Waals surface area contributed by atoms with Gasteiger partial charge in [0.1, 0.15) is 0 Å². The highest BCUT2D eigenvalue weighted by molar-refractivity contribution is 7.04. The molecule has 0 saturated heterocycles. The van der Waals surface area contributed by atoms with Crippen LogP contribution in [0.25, 0.3) is 17.1 Å². The maximum Gasteiger partial charge on any atom is 0.229 e. The average Bonchev–Trinajstić information content (AvgIpc) is 3.30. The molecule has 5 rings (SSSR count). The Balaban J connectivity index is 1.69. The molecule has 0 bridgehead atoms. The van der Waals surface area contributed by atoms with Crippen molar-refractivity contribution < 1.29 is 0 Å². The summed E-state index contributed by atoms with van der Waals surface area (Å²) in [6.45, 7) is 0. The smallest absolute Gasteiger partial charge is 0.229 e. The highest BCUT2D eigenvalue weighted by Gasteiger charge is 2.12. The lowest BCUT2D eigenvalue weighted by molar-refractivity contribution is 1.13. The summed E-state index contributed by atoms with van der Waals surface area (Å²) in [5.41, 5.74) is 3.88. The molecule has 32 heavy (non-hydrogen) atoms. The Morgan fingerprint density at radius 1 is 0.656 bits per heavy atom. The van der Waals surface area contributed by atoms with Crippen LogP contribution in [0.1, 0.15) is 5.56 Å². The van der Waals surface area contributed by atoms with Crippen LogP contribution in [0.4, 0.5) is 5.69 Å². The SMILES string of the molecule is c1ccc(N=C(N=c2nc(-c3ccccc3)n(-c3ccccc3)s2)c2ccccc2)cc1. The summed E-state index contributed by atoms with van der Waals surface area (Å²) in [6.07, 6.45) is 0. The molecule has 154 valence electrons. The van der Waals surface area contributed by atoms with Gasteiger partial charge in [0.2, 0.25) is 4.80 Å². The summed E-state index contributed by atoms with van der Waals surface area (Å²) in [5, 5.41) is 0. The molecule has 0 aliphatic carbocycles. The minimum atomic E-state index is 0.630. The van der Waals surface area contributed by atoms with Crippen LogP contribution in [0.5, 0.6) is 0 Å². The summed E-state index contributed by atoms with van der Waals surface area (Å²) in [4.78, 5) is 15.3. The average molecular weight is 433 g/mol. The second-order valence-corrected chi connectivity index (χ2v) is 7.97. The number of amidine groups is 1. The maximum atomic E-state index is 4.90. The minimum Gasteiger partial charge on any atom is -0.246 e. The highest BCUT2D eigenvalue weighted by atomic mass is 32.1.